The molecule has 0 saturated heterocycles. The molecule has 1 heterocycles. The molecule has 8 heteroatoms. The lowest BCUT2D eigenvalue weighted by Gasteiger charge is -2.03. The van der Waals surface area contributed by atoms with Gasteiger partial charge in [-0.25, -0.2) is 4.98 Å². The third-order valence-corrected chi connectivity index (χ3v) is 3.73. The molecule has 0 radical (unpaired) electrons. The largest absolute Gasteiger partial charge is 0.355 e. The Morgan fingerprint density at radius 1 is 1.62 bits per heavy atom. The number of anilines is 1. The van der Waals surface area contributed by atoms with Gasteiger partial charge < -0.3 is 5.32 Å². The second-order valence-electron chi connectivity index (χ2n) is 4.03. The fourth-order valence-corrected chi connectivity index (χ4v) is 2.49. The molecule has 0 bridgehead atoms. The highest BCUT2D eigenvalue weighted by atomic mass is 35.5. The number of thiazole rings is 1. The third kappa shape index (κ3) is 3.56. The van der Waals surface area contributed by atoms with Crippen molar-refractivity contribution in [2.45, 2.75) is 6.92 Å². The fourth-order valence-electron chi connectivity index (χ4n) is 1.55. The number of hydrogen-bond donors (Lipinski definition) is 1. The van der Waals surface area contributed by atoms with Gasteiger partial charge in [-0.05, 0) is 19.1 Å². The van der Waals surface area contributed by atoms with E-state index >= 15 is 0 Å². The Balaban J connectivity index is 2.33. The summed E-state index contributed by atoms with van der Waals surface area (Å²) in [7, 11) is 0. The van der Waals surface area contributed by atoms with E-state index in [1.54, 1.807) is 0 Å². The van der Waals surface area contributed by atoms with Crippen LogP contribution in [0.25, 0.3) is 5.57 Å². The van der Waals surface area contributed by atoms with Crippen molar-refractivity contribution in [1.29, 1.82) is 5.26 Å². The van der Waals surface area contributed by atoms with Gasteiger partial charge in [-0.15, -0.1) is 11.3 Å². The van der Waals surface area contributed by atoms with E-state index in [9.17, 15) is 10.1 Å². The molecule has 0 atom stereocenters. The van der Waals surface area contributed by atoms with Gasteiger partial charge in [0, 0.05) is 28.4 Å². The molecule has 2 aromatic rings. The molecule has 0 saturated carbocycles. The van der Waals surface area contributed by atoms with E-state index in [0.717, 1.165) is 5.69 Å². The van der Waals surface area contributed by atoms with Crippen LogP contribution in [0.4, 0.5) is 11.4 Å². The van der Waals surface area contributed by atoms with Gasteiger partial charge in [0.2, 0.25) is 0 Å². The van der Waals surface area contributed by atoms with Crippen molar-refractivity contribution in [3.8, 4) is 6.07 Å². The Morgan fingerprint density at radius 2 is 2.38 bits per heavy atom. The first kappa shape index (κ1) is 15.0. The maximum absolute atomic E-state index is 10.9. The van der Waals surface area contributed by atoms with Gasteiger partial charge in [0.05, 0.1) is 4.92 Å². The molecule has 0 amide bonds. The number of benzene rings is 1. The topological polar surface area (TPSA) is 91.8 Å². The Bertz CT molecular complexity index is 764. The number of nitrogens with zero attached hydrogens (tertiary/aromatic N) is 3. The molecule has 2 rings (SSSR count). The normalized spacial score (nSPS) is 11.0. The summed E-state index contributed by atoms with van der Waals surface area (Å²) in [5, 5.41) is 25.6. The maximum Gasteiger partial charge on any atom is 0.292 e. The van der Waals surface area contributed by atoms with Crippen molar-refractivity contribution in [3.05, 3.63) is 55.6 Å². The number of aryl methyl sites for hydroxylation is 1. The van der Waals surface area contributed by atoms with Crippen LogP contribution >= 0.6 is 22.9 Å². The van der Waals surface area contributed by atoms with Crippen molar-refractivity contribution in [3.63, 3.8) is 0 Å². The maximum atomic E-state index is 10.9. The SMILES string of the molecule is Cc1csc(/C(C#N)=C/Nc2cc(Cl)ccc2[N+](=O)[O-])n1. The number of aromatic nitrogens is 1. The summed E-state index contributed by atoms with van der Waals surface area (Å²) in [5.41, 5.74) is 1.20. The second kappa shape index (κ2) is 6.35. The number of nitrogens with one attached hydrogen (secondary N) is 1. The zero-order valence-corrected chi connectivity index (χ0v) is 12.4. The van der Waals surface area contributed by atoms with E-state index in [1.165, 1.54) is 35.7 Å². The lowest BCUT2D eigenvalue weighted by Crippen LogP contribution is -1.97. The van der Waals surface area contributed by atoms with Gasteiger partial charge in [0.25, 0.3) is 5.69 Å². The van der Waals surface area contributed by atoms with Gasteiger partial charge in [-0.2, -0.15) is 5.26 Å². The highest BCUT2D eigenvalue weighted by Gasteiger charge is 2.13. The summed E-state index contributed by atoms with van der Waals surface area (Å²) in [5.74, 6) is 0. The van der Waals surface area contributed by atoms with Crippen molar-refractivity contribution in [2.75, 3.05) is 5.32 Å². The molecule has 0 aliphatic rings. The number of nitro benzene ring substituents is 1. The Hall–Kier alpha value is -2.43. The van der Waals surface area contributed by atoms with Crippen molar-refractivity contribution in [2.24, 2.45) is 0 Å². The fraction of sp³-hybridized carbons (Fsp3) is 0.0769. The quantitative estimate of drug-likeness (QED) is 0.522. The molecule has 0 unspecified atom stereocenters. The number of rotatable bonds is 4. The minimum atomic E-state index is -0.522. The monoisotopic (exact) mass is 320 g/mol. The predicted octanol–water partition coefficient (Wildman–Crippen LogP) is 3.99. The number of hydrogen-bond acceptors (Lipinski definition) is 6. The molecule has 0 spiro atoms. The van der Waals surface area contributed by atoms with Crippen molar-refractivity contribution < 1.29 is 4.92 Å². The lowest BCUT2D eigenvalue weighted by atomic mass is 10.2. The molecule has 21 heavy (non-hydrogen) atoms. The highest BCUT2D eigenvalue weighted by molar-refractivity contribution is 7.10. The van der Waals surface area contributed by atoms with Gasteiger partial charge in [-0.3, -0.25) is 10.1 Å². The number of allylic oxidation sites excluding steroid dienone is 1. The summed E-state index contributed by atoms with van der Waals surface area (Å²) in [6.45, 7) is 1.82. The van der Waals surface area contributed by atoms with Crippen molar-refractivity contribution >= 4 is 39.9 Å². The van der Waals surface area contributed by atoms with E-state index in [2.05, 4.69) is 10.3 Å². The third-order valence-electron chi connectivity index (χ3n) is 2.50. The summed E-state index contributed by atoms with van der Waals surface area (Å²) in [6, 6.07) is 6.18. The zero-order valence-electron chi connectivity index (χ0n) is 10.8. The van der Waals surface area contributed by atoms with Crippen LogP contribution in [0.2, 0.25) is 5.02 Å². The second-order valence-corrected chi connectivity index (χ2v) is 5.32. The Kier molecular flexibility index (Phi) is 4.52. The summed E-state index contributed by atoms with van der Waals surface area (Å²) in [4.78, 5) is 14.6. The van der Waals surface area contributed by atoms with Crippen LogP contribution in [0.3, 0.4) is 0 Å². The summed E-state index contributed by atoms with van der Waals surface area (Å²) < 4.78 is 0. The van der Waals surface area contributed by atoms with Gasteiger partial charge in [0.1, 0.15) is 22.3 Å². The van der Waals surface area contributed by atoms with Crippen LogP contribution in [0.15, 0.2) is 29.8 Å². The van der Waals surface area contributed by atoms with E-state index < -0.39 is 4.92 Å². The average Bonchev–Trinajstić information content (AvgIpc) is 2.86. The van der Waals surface area contributed by atoms with Crippen LogP contribution in [-0.2, 0) is 0 Å². The van der Waals surface area contributed by atoms with Crippen LogP contribution in [0.5, 0.6) is 0 Å². The molecule has 1 aromatic heterocycles. The predicted molar refractivity (Wildman–Crippen MR) is 82.2 cm³/mol. The molecule has 106 valence electrons. The number of nitriles is 1. The van der Waals surface area contributed by atoms with Gasteiger partial charge in [-0.1, -0.05) is 11.6 Å². The lowest BCUT2D eigenvalue weighted by molar-refractivity contribution is -0.383. The van der Waals surface area contributed by atoms with Gasteiger partial charge >= 0.3 is 0 Å². The average molecular weight is 321 g/mol. The molecule has 1 N–H and O–H groups in total. The first-order valence-corrected chi connectivity index (χ1v) is 7.00. The first-order valence-electron chi connectivity index (χ1n) is 5.74. The van der Waals surface area contributed by atoms with Crippen LogP contribution < -0.4 is 5.32 Å². The molecule has 0 aliphatic heterocycles. The molecular weight excluding hydrogens is 312 g/mol. The Morgan fingerprint density at radius 3 is 2.95 bits per heavy atom. The van der Waals surface area contributed by atoms with E-state index in [4.69, 9.17) is 16.9 Å². The van der Waals surface area contributed by atoms with E-state index in [0.29, 0.717) is 15.6 Å². The molecular formula is C13H9ClN4O2S. The van der Waals surface area contributed by atoms with Crippen LogP contribution in [-0.4, -0.2) is 9.91 Å². The van der Waals surface area contributed by atoms with Crippen molar-refractivity contribution in [1.82, 2.24) is 4.98 Å². The Labute approximate surface area is 129 Å². The molecule has 1 aromatic carbocycles. The zero-order chi connectivity index (χ0) is 15.4. The van der Waals surface area contributed by atoms with E-state index in [1.807, 2.05) is 18.4 Å². The summed E-state index contributed by atoms with van der Waals surface area (Å²) in [6.07, 6.45) is 1.39. The standard InChI is InChI=1S/C13H9ClN4O2S/c1-8-7-21-13(17-8)9(5-15)6-16-11-4-10(14)2-3-12(11)18(19)20/h2-4,6-7,16H,1H3/b9-6+. The van der Waals surface area contributed by atoms with Crippen LogP contribution in [0, 0.1) is 28.4 Å². The smallest absolute Gasteiger partial charge is 0.292 e. The highest BCUT2D eigenvalue weighted by Crippen LogP contribution is 2.28. The number of nitro groups is 1. The molecule has 6 nitrogen and oxygen atoms in total. The van der Waals surface area contributed by atoms with Crippen LogP contribution in [0.1, 0.15) is 10.7 Å². The summed E-state index contributed by atoms with van der Waals surface area (Å²) >= 11 is 7.16. The number of halogens is 1. The molecule has 0 aliphatic carbocycles. The van der Waals surface area contributed by atoms with E-state index in [-0.39, 0.29) is 11.4 Å². The van der Waals surface area contributed by atoms with Gasteiger partial charge in [0.15, 0.2) is 0 Å². The minimum Gasteiger partial charge on any atom is -0.355 e. The molecule has 0 fully saturated rings. The minimum absolute atomic E-state index is 0.122. The first-order chi connectivity index (χ1) is 10.0.